The van der Waals surface area contributed by atoms with E-state index in [1.54, 1.807) is 24.2 Å². The molecule has 0 aliphatic rings. The monoisotopic (exact) mass is 284 g/mol. The molecule has 2 aromatic heterocycles. The highest BCUT2D eigenvalue weighted by molar-refractivity contribution is 6.31. The summed E-state index contributed by atoms with van der Waals surface area (Å²) in [6.07, 6.45) is 5.16. The molecule has 2 rings (SSSR count). The Morgan fingerprint density at radius 3 is 2.95 bits per heavy atom. The molecule has 2 heterocycles. The van der Waals surface area contributed by atoms with Crippen LogP contribution in [0.2, 0.25) is 5.02 Å². The SMILES string of the molecule is COCCn1ncc(Cl)c1C(NN)c1nccn1C. The number of hydrazine groups is 1. The number of imidazole rings is 1. The summed E-state index contributed by atoms with van der Waals surface area (Å²) in [6.45, 7) is 1.14. The standard InChI is InChI=1S/C11H17ClN6O/c1-17-4-3-14-11(17)9(16-13)10-8(12)7-15-18(10)5-6-19-2/h3-4,7,9,16H,5-6,13H2,1-2H3. The van der Waals surface area contributed by atoms with Gasteiger partial charge in [-0.1, -0.05) is 11.6 Å². The second kappa shape index (κ2) is 6.16. The van der Waals surface area contributed by atoms with E-state index >= 15 is 0 Å². The van der Waals surface area contributed by atoms with Gasteiger partial charge in [0.25, 0.3) is 0 Å². The van der Waals surface area contributed by atoms with Gasteiger partial charge < -0.3 is 9.30 Å². The molecule has 0 fully saturated rings. The average molecular weight is 285 g/mol. The zero-order chi connectivity index (χ0) is 13.8. The molecule has 0 saturated heterocycles. The number of aromatic nitrogens is 4. The average Bonchev–Trinajstić information content (AvgIpc) is 2.97. The van der Waals surface area contributed by atoms with Gasteiger partial charge in [0.15, 0.2) is 0 Å². The van der Waals surface area contributed by atoms with E-state index in [-0.39, 0.29) is 6.04 Å². The fourth-order valence-corrected chi connectivity index (χ4v) is 2.20. The summed E-state index contributed by atoms with van der Waals surface area (Å²) in [5.41, 5.74) is 3.51. The number of ether oxygens (including phenoxy) is 1. The highest BCUT2D eigenvalue weighted by Gasteiger charge is 2.24. The van der Waals surface area contributed by atoms with Crippen LogP contribution in [0.5, 0.6) is 0 Å². The Morgan fingerprint density at radius 1 is 1.58 bits per heavy atom. The minimum absolute atomic E-state index is 0.327. The molecule has 0 aliphatic carbocycles. The van der Waals surface area contributed by atoms with Crippen molar-refractivity contribution >= 4 is 11.6 Å². The maximum atomic E-state index is 6.21. The lowest BCUT2D eigenvalue weighted by Gasteiger charge is -2.18. The molecule has 19 heavy (non-hydrogen) atoms. The summed E-state index contributed by atoms with van der Waals surface area (Å²) in [6, 6.07) is -0.327. The van der Waals surface area contributed by atoms with Crippen LogP contribution in [0.3, 0.4) is 0 Å². The van der Waals surface area contributed by atoms with Crippen molar-refractivity contribution in [2.24, 2.45) is 12.9 Å². The van der Waals surface area contributed by atoms with Gasteiger partial charge in [-0.3, -0.25) is 10.5 Å². The predicted molar refractivity (Wildman–Crippen MR) is 71.5 cm³/mol. The van der Waals surface area contributed by atoms with E-state index in [4.69, 9.17) is 22.2 Å². The highest BCUT2D eigenvalue weighted by Crippen LogP contribution is 2.26. The maximum absolute atomic E-state index is 6.21. The fourth-order valence-electron chi connectivity index (χ4n) is 1.95. The molecule has 8 heteroatoms. The van der Waals surface area contributed by atoms with E-state index in [2.05, 4.69) is 15.5 Å². The molecule has 1 unspecified atom stereocenters. The van der Waals surface area contributed by atoms with Crippen molar-refractivity contribution in [3.05, 3.63) is 35.1 Å². The molecule has 0 amide bonds. The smallest absolute Gasteiger partial charge is 0.133 e. The number of hydrogen-bond donors (Lipinski definition) is 2. The predicted octanol–water partition coefficient (Wildman–Crippen LogP) is 0.469. The molecule has 0 saturated carbocycles. The van der Waals surface area contributed by atoms with Gasteiger partial charge in [-0.25, -0.2) is 10.4 Å². The van der Waals surface area contributed by atoms with Crippen LogP contribution in [-0.2, 0) is 18.3 Å². The van der Waals surface area contributed by atoms with Gasteiger partial charge in [0.05, 0.1) is 30.1 Å². The molecule has 104 valence electrons. The molecule has 0 radical (unpaired) electrons. The van der Waals surface area contributed by atoms with Crippen molar-refractivity contribution in [1.82, 2.24) is 24.8 Å². The third-order valence-electron chi connectivity index (χ3n) is 2.90. The first-order chi connectivity index (χ1) is 9.19. The molecule has 1 atom stereocenters. The minimum Gasteiger partial charge on any atom is -0.383 e. The molecule has 0 spiro atoms. The van der Waals surface area contributed by atoms with Gasteiger partial charge in [-0.15, -0.1) is 0 Å². The summed E-state index contributed by atoms with van der Waals surface area (Å²) in [4.78, 5) is 4.29. The van der Waals surface area contributed by atoms with E-state index < -0.39 is 0 Å². The normalized spacial score (nSPS) is 12.8. The van der Waals surface area contributed by atoms with Gasteiger partial charge >= 0.3 is 0 Å². The summed E-state index contributed by atoms with van der Waals surface area (Å²) in [5, 5.41) is 4.78. The number of rotatable bonds is 6. The first kappa shape index (κ1) is 14.0. The summed E-state index contributed by atoms with van der Waals surface area (Å²) < 4.78 is 8.71. The Kier molecular flexibility index (Phi) is 4.54. The van der Waals surface area contributed by atoms with E-state index in [9.17, 15) is 0 Å². The molecular weight excluding hydrogens is 268 g/mol. The Labute approximate surface area is 116 Å². The van der Waals surface area contributed by atoms with Crippen molar-refractivity contribution in [3.63, 3.8) is 0 Å². The lowest BCUT2D eigenvalue weighted by Crippen LogP contribution is -2.33. The number of nitrogens with one attached hydrogen (secondary N) is 1. The van der Waals surface area contributed by atoms with Crippen molar-refractivity contribution in [3.8, 4) is 0 Å². The molecule has 7 nitrogen and oxygen atoms in total. The van der Waals surface area contributed by atoms with E-state index in [0.717, 1.165) is 11.5 Å². The van der Waals surface area contributed by atoms with E-state index in [1.807, 2.05) is 17.8 Å². The van der Waals surface area contributed by atoms with Crippen LogP contribution >= 0.6 is 11.6 Å². The summed E-state index contributed by atoms with van der Waals surface area (Å²) in [7, 11) is 3.54. The first-order valence-electron chi connectivity index (χ1n) is 5.82. The quantitative estimate of drug-likeness (QED) is 0.595. The molecule has 0 aliphatic heterocycles. The van der Waals surface area contributed by atoms with Gasteiger partial charge in [-0.2, -0.15) is 5.10 Å². The van der Waals surface area contributed by atoms with Gasteiger partial charge in [0, 0.05) is 26.6 Å². The van der Waals surface area contributed by atoms with Crippen LogP contribution < -0.4 is 11.3 Å². The maximum Gasteiger partial charge on any atom is 0.133 e. The van der Waals surface area contributed by atoms with Crippen molar-refractivity contribution in [1.29, 1.82) is 0 Å². The largest absolute Gasteiger partial charge is 0.383 e. The first-order valence-corrected chi connectivity index (χ1v) is 6.20. The van der Waals surface area contributed by atoms with Crippen LogP contribution in [-0.4, -0.2) is 33.0 Å². The van der Waals surface area contributed by atoms with Crippen molar-refractivity contribution in [2.75, 3.05) is 13.7 Å². The molecular formula is C11H17ClN6O. The number of nitrogens with zero attached hydrogens (tertiary/aromatic N) is 4. The Morgan fingerprint density at radius 2 is 2.37 bits per heavy atom. The van der Waals surface area contributed by atoms with Crippen LogP contribution in [0.25, 0.3) is 0 Å². The number of nitrogens with two attached hydrogens (primary N) is 1. The minimum atomic E-state index is -0.327. The molecule has 0 aromatic carbocycles. The van der Waals surface area contributed by atoms with Gasteiger partial charge in [0.2, 0.25) is 0 Å². The fraction of sp³-hybridized carbons (Fsp3) is 0.455. The van der Waals surface area contributed by atoms with Crippen LogP contribution in [0.4, 0.5) is 0 Å². The Balaban J connectivity index is 2.38. The molecule has 0 bridgehead atoms. The second-order valence-electron chi connectivity index (χ2n) is 4.09. The van der Waals surface area contributed by atoms with Crippen LogP contribution in [0.1, 0.15) is 17.6 Å². The number of aryl methyl sites for hydroxylation is 1. The Hall–Kier alpha value is -1.41. The summed E-state index contributed by atoms with van der Waals surface area (Å²) in [5.74, 6) is 6.42. The van der Waals surface area contributed by atoms with Crippen molar-refractivity contribution in [2.45, 2.75) is 12.6 Å². The topological polar surface area (TPSA) is 82.9 Å². The van der Waals surface area contributed by atoms with Crippen molar-refractivity contribution < 1.29 is 4.74 Å². The number of methoxy groups -OCH3 is 1. The zero-order valence-corrected chi connectivity index (χ0v) is 11.6. The third-order valence-corrected chi connectivity index (χ3v) is 3.19. The highest BCUT2D eigenvalue weighted by atomic mass is 35.5. The molecule has 2 aromatic rings. The van der Waals surface area contributed by atoms with Gasteiger partial charge in [-0.05, 0) is 0 Å². The third kappa shape index (κ3) is 2.79. The van der Waals surface area contributed by atoms with E-state index in [1.165, 1.54) is 0 Å². The second-order valence-corrected chi connectivity index (χ2v) is 4.50. The number of halogens is 1. The lowest BCUT2D eigenvalue weighted by atomic mass is 10.2. The number of hydrogen-bond acceptors (Lipinski definition) is 5. The summed E-state index contributed by atoms with van der Waals surface area (Å²) >= 11 is 6.21. The zero-order valence-electron chi connectivity index (χ0n) is 10.9. The molecule has 3 N–H and O–H groups in total. The van der Waals surface area contributed by atoms with Crippen LogP contribution in [0, 0.1) is 0 Å². The van der Waals surface area contributed by atoms with Gasteiger partial charge in [0.1, 0.15) is 11.9 Å². The van der Waals surface area contributed by atoms with E-state index in [0.29, 0.717) is 18.2 Å². The lowest BCUT2D eigenvalue weighted by molar-refractivity contribution is 0.182. The van der Waals surface area contributed by atoms with Crippen LogP contribution in [0.15, 0.2) is 18.6 Å². The Bertz CT molecular complexity index is 537.